The van der Waals surface area contributed by atoms with Crippen molar-refractivity contribution in [1.29, 1.82) is 0 Å². The highest BCUT2D eigenvalue weighted by atomic mass is 32.1. The van der Waals surface area contributed by atoms with Crippen molar-refractivity contribution in [2.45, 2.75) is 0 Å². The van der Waals surface area contributed by atoms with Crippen LogP contribution in [0.4, 0.5) is 0 Å². The zero-order valence-corrected chi connectivity index (χ0v) is 15.2. The molecule has 2 N–H and O–H groups in total. The van der Waals surface area contributed by atoms with Crippen LogP contribution in [0.15, 0.2) is 71.1 Å². The molecule has 0 aliphatic heterocycles. The molecule has 0 amide bonds. The van der Waals surface area contributed by atoms with Crippen LogP contribution in [0.5, 0.6) is 11.5 Å². The SMILES string of the molecule is COc1ccc(C(=O)/C(=N/N)c2ccc(OC(=O)c3cccs3)cc2)cc1. The van der Waals surface area contributed by atoms with E-state index < -0.39 is 5.97 Å². The zero-order chi connectivity index (χ0) is 19.2. The van der Waals surface area contributed by atoms with E-state index in [-0.39, 0.29) is 11.5 Å². The molecular formula is C20H16N2O4S. The van der Waals surface area contributed by atoms with E-state index in [1.54, 1.807) is 73.2 Å². The fourth-order valence-corrected chi connectivity index (χ4v) is 2.98. The molecule has 7 heteroatoms. The Labute approximate surface area is 159 Å². The Morgan fingerprint density at radius 3 is 2.11 bits per heavy atom. The number of carbonyl (C=O) groups is 2. The Hall–Kier alpha value is -3.45. The van der Waals surface area contributed by atoms with Gasteiger partial charge in [-0.25, -0.2) is 4.79 Å². The van der Waals surface area contributed by atoms with E-state index in [1.807, 2.05) is 0 Å². The van der Waals surface area contributed by atoms with E-state index in [9.17, 15) is 9.59 Å². The van der Waals surface area contributed by atoms with E-state index in [2.05, 4.69) is 5.10 Å². The van der Waals surface area contributed by atoms with Gasteiger partial charge in [0.05, 0.1) is 7.11 Å². The van der Waals surface area contributed by atoms with Crippen LogP contribution in [0.1, 0.15) is 25.6 Å². The van der Waals surface area contributed by atoms with Gasteiger partial charge >= 0.3 is 5.97 Å². The largest absolute Gasteiger partial charge is 0.497 e. The minimum Gasteiger partial charge on any atom is -0.497 e. The van der Waals surface area contributed by atoms with Crippen molar-refractivity contribution in [1.82, 2.24) is 0 Å². The second-order valence-corrected chi connectivity index (χ2v) is 6.37. The number of thiophene rings is 1. The molecule has 0 saturated carbocycles. The number of rotatable bonds is 6. The van der Waals surface area contributed by atoms with Gasteiger partial charge in [0.15, 0.2) is 0 Å². The number of benzene rings is 2. The molecule has 0 bridgehead atoms. The van der Waals surface area contributed by atoms with Crippen molar-refractivity contribution in [3.05, 3.63) is 82.0 Å². The molecule has 0 saturated heterocycles. The Balaban J connectivity index is 1.75. The lowest BCUT2D eigenvalue weighted by atomic mass is 10.0. The summed E-state index contributed by atoms with van der Waals surface area (Å²) in [7, 11) is 1.55. The molecule has 3 rings (SSSR count). The van der Waals surface area contributed by atoms with E-state index in [0.717, 1.165) is 0 Å². The Bertz CT molecular complexity index is 962. The molecular weight excluding hydrogens is 364 g/mol. The van der Waals surface area contributed by atoms with Crippen LogP contribution in [0.3, 0.4) is 0 Å². The molecule has 0 atom stereocenters. The quantitative estimate of drug-likeness (QED) is 0.176. The van der Waals surface area contributed by atoms with Gasteiger partial charge in [-0.3, -0.25) is 4.79 Å². The summed E-state index contributed by atoms with van der Waals surface area (Å²) >= 11 is 1.30. The monoisotopic (exact) mass is 380 g/mol. The lowest BCUT2D eigenvalue weighted by molar-refractivity contribution is 0.0739. The van der Waals surface area contributed by atoms with E-state index in [0.29, 0.717) is 27.5 Å². The zero-order valence-electron chi connectivity index (χ0n) is 14.4. The maximum atomic E-state index is 12.7. The van der Waals surface area contributed by atoms with Crippen molar-refractivity contribution in [2.75, 3.05) is 7.11 Å². The third-order valence-electron chi connectivity index (χ3n) is 3.76. The second-order valence-electron chi connectivity index (χ2n) is 5.43. The number of esters is 1. The van der Waals surface area contributed by atoms with Gasteiger partial charge in [-0.05, 0) is 60.0 Å². The standard InChI is InChI=1S/C20H16N2O4S/c1-25-15-8-6-14(7-9-15)19(23)18(22-21)13-4-10-16(11-5-13)26-20(24)17-3-2-12-27-17/h2-12H,21H2,1H3/b22-18+. The Morgan fingerprint density at radius 2 is 1.56 bits per heavy atom. The summed E-state index contributed by atoms with van der Waals surface area (Å²) in [6.45, 7) is 0. The number of nitrogens with two attached hydrogens (primary N) is 1. The fourth-order valence-electron chi connectivity index (χ4n) is 2.38. The van der Waals surface area contributed by atoms with Gasteiger partial charge in [0.25, 0.3) is 0 Å². The number of methoxy groups -OCH3 is 1. The predicted molar refractivity (Wildman–Crippen MR) is 104 cm³/mol. The number of Topliss-reactive ketones (excluding diaryl/α,β-unsaturated/α-hetero) is 1. The average Bonchev–Trinajstić information content (AvgIpc) is 3.25. The van der Waals surface area contributed by atoms with Crippen molar-refractivity contribution in [3.8, 4) is 11.5 Å². The number of hydrazone groups is 1. The molecule has 0 spiro atoms. The highest BCUT2D eigenvalue weighted by Crippen LogP contribution is 2.19. The summed E-state index contributed by atoms with van der Waals surface area (Å²) in [6, 6.07) is 16.6. The molecule has 136 valence electrons. The van der Waals surface area contributed by atoms with Crippen LogP contribution < -0.4 is 15.3 Å². The minimum absolute atomic E-state index is 0.108. The number of ether oxygens (including phenoxy) is 2. The number of nitrogens with zero attached hydrogens (tertiary/aromatic N) is 1. The predicted octanol–water partition coefficient (Wildman–Crippen LogP) is 3.52. The number of hydrogen-bond donors (Lipinski definition) is 1. The summed E-state index contributed by atoms with van der Waals surface area (Å²) in [5.41, 5.74) is 1.07. The average molecular weight is 380 g/mol. The normalized spacial score (nSPS) is 11.1. The molecule has 27 heavy (non-hydrogen) atoms. The van der Waals surface area contributed by atoms with Crippen molar-refractivity contribution < 1.29 is 19.1 Å². The first-order chi connectivity index (χ1) is 13.1. The number of hydrogen-bond acceptors (Lipinski definition) is 7. The van der Waals surface area contributed by atoms with Crippen molar-refractivity contribution in [3.63, 3.8) is 0 Å². The molecule has 0 radical (unpaired) electrons. The highest BCUT2D eigenvalue weighted by Gasteiger charge is 2.17. The maximum absolute atomic E-state index is 12.7. The first kappa shape index (κ1) is 18.3. The molecule has 0 aliphatic rings. The first-order valence-electron chi connectivity index (χ1n) is 7.95. The number of ketones is 1. The van der Waals surface area contributed by atoms with Gasteiger partial charge in [-0.1, -0.05) is 6.07 Å². The third kappa shape index (κ3) is 4.21. The van der Waals surface area contributed by atoms with Crippen LogP contribution in [0.25, 0.3) is 0 Å². The van der Waals surface area contributed by atoms with Gasteiger partial charge in [0.1, 0.15) is 22.1 Å². The molecule has 3 aromatic rings. The first-order valence-corrected chi connectivity index (χ1v) is 8.83. The number of carbonyl (C=O) groups excluding carboxylic acids is 2. The lowest BCUT2D eigenvalue weighted by Crippen LogP contribution is -2.18. The molecule has 1 heterocycles. The third-order valence-corrected chi connectivity index (χ3v) is 4.61. The molecule has 6 nitrogen and oxygen atoms in total. The fraction of sp³-hybridized carbons (Fsp3) is 0.0500. The molecule has 0 fully saturated rings. The van der Waals surface area contributed by atoms with Crippen LogP contribution in [-0.4, -0.2) is 24.6 Å². The van der Waals surface area contributed by atoms with Gasteiger partial charge in [0.2, 0.25) is 5.78 Å². The summed E-state index contributed by atoms with van der Waals surface area (Å²) < 4.78 is 10.4. The van der Waals surface area contributed by atoms with Gasteiger partial charge in [-0.2, -0.15) is 5.10 Å². The molecule has 0 aliphatic carbocycles. The van der Waals surface area contributed by atoms with Gasteiger partial charge < -0.3 is 15.3 Å². The van der Waals surface area contributed by atoms with Crippen LogP contribution in [0.2, 0.25) is 0 Å². The lowest BCUT2D eigenvalue weighted by Gasteiger charge is -2.07. The van der Waals surface area contributed by atoms with E-state index >= 15 is 0 Å². The van der Waals surface area contributed by atoms with E-state index in [1.165, 1.54) is 11.3 Å². The molecule has 0 unspecified atom stereocenters. The van der Waals surface area contributed by atoms with Gasteiger partial charge in [-0.15, -0.1) is 11.3 Å². The summed E-state index contributed by atoms with van der Waals surface area (Å²) in [6.07, 6.45) is 0. The Morgan fingerprint density at radius 1 is 0.926 bits per heavy atom. The minimum atomic E-state index is -0.431. The molecule has 2 aromatic carbocycles. The van der Waals surface area contributed by atoms with Crippen LogP contribution in [-0.2, 0) is 0 Å². The summed E-state index contributed by atoms with van der Waals surface area (Å²) in [4.78, 5) is 25.1. The summed E-state index contributed by atoms with van der Waals surface area (Å²) in [5, 5.41) is 5.44. The Kier molecular flexibility index (Phi) is 5.63. The van der Waals surface area contributed by atoms with E-state index in [4.69, 9.17) is 15.3 Å². The van der Waals surface area contributed by atoms with Crippen molar-refractivity contribution >= 4 is 28.8 Å². The molecule has 1 aromatic heterocycles. The van der Waals surface area contributed by atoms with Crippen LogP contribution in [0, 0.1) is 0 Å². The topological polar surface area (TPSA) is 91.0 Å². The smallest absolute Gasteiger partial charge is 0.353 e. The maximum Gasteiger partial charge on any atom is 0.353 e. The second kappa shape index (κ2) is 8.29. The van der Waals surface area contributed by atoms with Crippen LogP contribution >= 0.6 is 11.3 Å². The van der Waals surface area contributed by atoms with Crippen molar-refractivity contribution in [2.24, 2.45) is 10.9 Å². The highest BCUT2D eigenvalue weighted by molar-refractivity contribution is 7.12. The summed E-state index contributed by atoms with van der Waals surface area (Å²) in [5.74, 6) is 5.71. The van der Waals surface area contributed by atoms with Gasteiger partial charge in [0, 0.05) is 11.1 Å².